The third kappa shape index (κ3) is 12.3. The Labute approximate surface area is 384 Å². The largest absolute Gasteiger partial charge is 0.497 e. The van der Waals surface area contributed by atoms with Crippen molar-refractivity contribution in [3.8, 4) is 11.5 Å². The standard InChI is InChI=1S/C50H73FN2O12/c1-10-13-34-23-28(2)44(51)29(3)24-42(61-8)46-43(62-9)25-31(5)50(59,65-46)47(56)48(57)53-21-12-11-14-38(53)49(58)64-45(32(6)39(54)27-40(34)55)30(4)22-33-15-20-37(52)41(26-33)63-36-18-16-35(60-7)17-19-36/h10,16-19,22-23,29,31-34,37-39,41-46,54,59H,1,11-15,20-21,24-27,52H2,2-9H3. The topological polar surface area (TPSA) is 193 Å². The quantitative estimate of drug-likeness (QED) is 0.149. The van der Waals surface area contributed by atoms with Crippen molar-refractivity contribution in [3.05, 3.63) is 60.2 Å². The number of halogens is 1. The van der Waals surface area contributed by atoms with Gasteiger partial charge in [-0.3, -0.25) is 14.4 Å². The maximum atomic E-state index is 16.4. The minimum atomic E-state index is -2.62. The molecule has 14 nitrogen and oxygen atoms in total. The number of nitrogens with two attached hydrogens (primary N) is 1. The highest BCUT2D eigenvalue weighted by Gasteiger charge is 2.57. The molecule has 65 heavy (non-hydrogen) atoms. The molecule has 2 bridgehead atoms. The van der Waals surface area contributed by atoms with Crippen LogP contribution in [0.4, 0.5) is 4.39 Å². The fourth-order valence-corrected chi connectivity index (χ4v) is 10.1. The molecule has 3 heterocycles. The predicted octanol–water partition coefficient (Wildman–Crippen LogP) is 5.99. The molecule has 3 aliphatic heterocycles. The molecule has 15 atom stereocenters. The molecule has 5 rings (SSSR count). The highest BCUT2D eigenvalue weighted by Crippen LogP contribution is 2.40. The summed E-state index contributed by atoms with van der Waals surface area (Å²) in [6.07, 6.45) is 1.43. The summed E-state index contributed by atoms with van der Waals surface area (Å²) in [6, 6.07) is 5.82. The van der Waals surface area contributed by atoms with E-state index in [-0.39, 0.29) is 62.5 Å². The van der Waals surface area contributed by atoms with Gasteiger partial charge in [0.2, 0.25) is 5.79 Å². The number of aliphatic hydroxyl groups is 2. The summed E-state index contributed by atoms with van der Waals surface area (Å²) in [7, 11) is 4.46. The van der Waals surface area contributed by atoms with Gasteiger partial charge in [-0.15, -0.1) is 6.58 Å². The predicted molar refractivity (Wildman–Crippen MR) is 241 cm³/mol. The molecule has 1 amide bonds. The summed E-state index contributed by atoms with van der Waals surface area (Å²) in [6.45, 7) is 12.2. The Kier molecular flexibility index (Phi) is 18.5. The molecule has 1 aromatic rings. The van der Waals surface area contributed by atoms with Crippen LogP contribution in [-0.2, 0) is 38.1 Å². The van der Waals surface area contributed by atoms with Crippen LogP contribution in [0.25, 0.3) is 0 Å². The van der Waals surface area contributed by atoms with Gasteiger partial charge >= 0.3 is 5.97 Å². The average molecular weight is 913 g/mol. The van der Waals surface area contributed by atoms with Crippen molar-refractivity contribution in [2.24, 2.45) is 35.3 Å². The highest BCUT2D eigenvalue weighted by atomic mass is 19.1. The molecule has 1 saturated carbocycles. The number of carbonyl (C=O) groups excluding carboxylic acids is 4. The van der Waals surface area contributed by atoms with Crippen molar-refractivity contribution in [1.82, 2.24) is 4.90 Å². The van der Waals surface area contributed by atoms with Crippen LogP contribution in [0.3, 0.4) is 0 Å². The van der Waals surface area contributed by atoms with Crippen LogP contribution in [0.2, 0.25) is 0 Å². The Morgan fingerprint density at radius 1 is 0.969 bits per heavy atom. The third-order valence-corrected chi connectivity index (χ3v) is 14.2. The molecule has 1 aliphatic carbocycles. The molecule has 3 fully saturated rings. The number of carbonyl (C=O) groups is 4. The van der Waals surface area contributed by atoms with Crippen LogP contribution < -0.4 is 15.2 Å². The number of piperidine rings is 1. The first-order valence-corrected chi connectivity index (χ1v) is 23.3. The number of methoxy groups -OCH3 is 3. The summed E-state index contributed by atoms with van der Waals surface area (Å²) in [5.74, 6) is -8.08. The lowest BCUT2D eigenvalue weighted by atomic mass is 9.81. The summed E-state index contributed by atoms with van der Waals surface area (Å²) >= 11 is 0. The van der Waals surface area contributed by atoms with Gasteiger partial charge in [-0.1, -0.05) is 39.0 Å². The van der Waals surface area contributed by atoms with Crippen molar-refractivity contribution < 1.29 is 62.2 Å². The van der Waals surface area contributed by atoms with E-state index in [1.54, 1.807) is 53.9 Å². The van der Waals surface area contributed by atoms with Gasteiger partial charge in [0.15, 0.2) is 0 Å². The van der Waals surface area contributed by atoms with E-state index in [4.69, 9.17) is 34.2 Å². The molecule has 15 heteroatoms. The zero-order valence-electron chi connectivity index (χ0n) is 39.5. The van der Waals surface area contributed by atoms with Gasteiger partial charge in [-0.05, 0) is 119 Å². The second-order valence-corrected chi connectivity index (χ2v) is 18.9. The number of ketones is 2. The van der Waals surface area contributed by atoms with E-state index in [0.29, 0.717) is 54.7 Å². The summed E-state index contributed by atoms with van der Waals surface area (Å²) in [4.78, 5) is 58.4. The van der Waals surface area contributed by atoms with E-state index in [9.17, 15) is 29.4 Å². The minimum Gasteiger partial charge on any atom is -0.497 e. The van der Waals surface area contributed by atoms with Crippen LogP contribution >= 0.6 is 0 Å². The van der Waals surface area contributed by atoms with E-state index in [0.717, 1.165) is 4.90 Å². The lowest BCUT2D eigenvalue weighted by molar-refractivity contribution is -0.302. The Morgan fingerprint density at radius 3 is 2.28 bits per heavy atom. The molecule has 1 aromatic carbocycles. The number of nitrogens with zero attached hydrogens (tertiary/aromatic N) is 1. The molecular formula is C50H73FN2O12. The van der Waals surface area contributed by atoms with Gasteiger partial charge in [0, 0.05) is 51.0 Å². The summed E-state index contributed by atoms with van der Waals surface area (Å²) in [5.41, 5.74) is 7.46. The molecule has 15 unspecified atom stereocenters. The second-order valence-electron chi connectivity index (χ2n) is 18.9. The maximum Gasteiger partial charge on any atom is 0.329 e. The van der Waals surface area contributed by atoms with Gasteiger partial charge in [0.25, 0.3) is 11.7 Å². The first kappa shape index (κ1) is 52.0. The summed E-state index contributed by atoms with van der Waals surface area (Å²) < 4.78 is 52.1. The first-order chi connectivity index (χ1) is 30.9. The number of hydrogen-bond acceptors (Lipinski definition) is 13. The van der Waals surface area contributed by atoms with Gasteiger partial charge in [-0.2, -0.15) is 0 Å². The number of rotatable bonds is 9. The number of fused-ring (bicyclic) bond motifs is 3. The highest BCUT2D eigenvalue weighted by molar-refractivity contribution is 6.39. The summed E-state index contributed by atoms with van der Waals surface area (Å²) in [5, 5.41) is 23.9. The lowest BCUT2D eigenvalue weighted by Gasteiger charge is -2.47. The van der Waals surface area contributed by atoms with Gasteiger partial charge < -0.3 is 49.3 Å². The maximum absolute atomic E-state index is 16.4. The fraction of sp³-hybridized carbons (Fsp3) is 0.680. The smallest absolute Gasteiger partial charge is 0.329 e. The van der Waals surface area contributed by atoms with E-state index in [1.165, 1.54) is 14.2 Å². The lowest BCUT2D eigenvalue weighted by Crippen LogP contribution is -2.64. The van der Waals surface area contributed by atoms with Crippen LogP contribution in [0, 0.1) is 29.6 Å². The normalized spacial score (nSPS) is 37.6. The van der Waals surface area contributed by atoms with Gasteiger partial charge in [0.1, 0.15) is 47.8 Å². The van der Waals surface area contributed by atoms with E-state index < -0.39 is 89.9 Å². The molecule has 2 saturated heterocycles. The number of aliphatic hydroxyl groups excluding tert-OH is 1. The Bertz CT molecular complexity index is 1870. The Morgan fingerprint density at radius 2 is 1.63 bits per heavy atom. The fourth-order valence-electron chi connectivity index (χ4n) is 10.1. The number of hydrogen-bond donors (Lipinski definition) is 3. The first-order valence-electron chi connectivity index (χ1n) is 23.3. The molecule has 0 aromatic heterocycles. The number of ether oxygens (including phenoxy) is 6. The third-order valence-electron chi connectivity index (χ3n) is 14.2. The van der Waals surface area contributed by atoms with Crippen molar-refractivity contribution >= 4 is 23.4 Å². The number of Topliss-reactive ketones (excluding diaryl/α,β-unsaturated/α-hetero) is 2. The van der Waals surface area contributed by atoms with Crippen LogP contribution in [0.1, 0.15) is 98.8 Å². The van der Waals surface area contributed by atoms with Crippen molar-refractivity contribution in [2.45, 2.75) is 159 Å². The number of benzene rings is 1. The van der Waals surface area contributed by atoms with E-state index in [1.807, 2.05) is 30.3 Å². The molecular weight excluding hydrogens is 840 g/mol. The van der Waals surface area contributed by atoms with Crippen LogP contribution in [-0.4, -0.2) is 127 Å². The van der Waals surface area contributed by atoms with Crippen LogP contribution in [0.5, 0.6) is 11.5 Å². The molecule has 0 radical (unpaired) electrons. The number of allylic oxidation sites excluding steroid dienone is 4. The average Bonchev–Trinajstić information content (AvgIpc) is 3.30. The van der Waals surface area contributed by atoms with E-state index in [2.05, 4.69) is 6.58 Å². The number of esters is 1. The molecule has 4 N–H and O–H groups in total. The van der Waals surface area contributed by atoms with Gasteiger partial charge in [0.05, 0.1) is 25.4 Å². The second kappa shape index (κ2) is 23.1. The van der Waals surface area contributed by atoms with Crippen molar-refractivity contribution in [2.75, 3.05) is 27.9 Å². The molecule has 0 spiro atoms. The van der Waals surface area contributed by atoms with Crippen LogP contribution in [0.15, 0.2) is 60.2 Å². The Balaban J connectivity index is 1.53. The zero-order valence-corrected chi connectivity index (χ0v) is 39.5. The van der Waals surface area contributed by atoms with Gasteiger partial charge in [-0.25, -0.2) is 9.18 Å². The number of alkyl halides is 1. The van der Waals surface area contributed by atoms with Crippen molar-refractivity contribution in [1.29, 1.82) is 0 Å². The Hall–Kier alpha value is -3.99. The monoisotopic (exact) mass is 913 g/mol. The zero-order chi connectivity index (χ0) is 47.7. The SMILES string of the molecule is C=CCC1C=C(C)C(F)C(C)CC(OC)C2OC(O)(C(=O)C(=O)N3CCCCC3C(=O)OC(C(C)=CC3CCC(N)C(Oc4ccc(OC)cc4)C3)C(C)C(O)CC1=O)C(C)CC2OC. The van der Waals surface area contributed by atoms with Crippen molar-refractivity contribution in [3.63, 3.8) is 0 Å². The minimum absolute atomic E-state index is 0.0378. The molecule has 362 valence electrons. The number of cyclic esters (lactones) is 1. The number of amides is 1. The van der Waals surface area contributed by atoms with E-state index >= 15 is 4.39 Å². The molecule has 4 aliphatic rings.